The van der Waals surface area contributed by atoms with Gasteiger partial charge in [0.05, 0.1) is 6.57 Å². The molecule has 0 spiro atoms. The number of hydrogen-bond donors (Lipinski definition) is 0. The molecule has 4 nitrogen and oxygen atoms in total. The van der Waals surface area contributed by atoms with Crippen molar-refractivity contribution < 1.29 is 9.59 Å². The average Bonchev–Trinajstić information content (AvgIpc) is 2.65. The Morgan fingerprint density at radius 2 is 1.93 bits per heavy atom. The van der Waals surface area contributed by atoms with Crippen molar-refractivity contribution in [3.63, 3.8) is 0 Å². The molecule has 0 aromatic rings. The predicted molar refractivity (Wildman–Crippen MR) is 105 cm³/mol. The van der Waals surface area contributed by atoms with Crippen LogP contribution in [0.3, 0.4) is 0 Å². The molecule has 0 amide bonds. The summed E-state index contributed by atoms with van der Waals surface area (Å²) in [7, 11) is 0. The highest BCUT2D eigenvalue weighted by atomic mass is 16.1. The van der Waals surface area contributed by atoms with Crippen molar-refractivity contribution in [2.75, 3.05) is 0 Å². The first-order valence-corrected chi connectivity index (χ1v) is 9.20. The van der Waals surface area contributed by atoms with Crippen LogP contribution in [0.15, 0.2) is 34.6 Å². The van der Waals surface area contributed by atoms with Gasteiger partial charge in [0.15, 0.2) is 11.6 Å². The van der Waals surface area contributed by atoms with Gasteiger partial charge in [0, 0.05) is 22.3 Å². The third kappa shape index (κ3) is 2.62. The molecule has 0 aromatic heterocycles. The molecule has 0 N–H and O–H groups in total. The predicted octanol–water partition coefficient (Wildman–Crippen LogP) is 3.79. The summed E-state index contributed by atoms with van der Waals surface area (Å²) >= 11 is 0. The third-order valence-corrected chi connectivity index (χ3v) is 6.36. The van der Waals surface area contributed by atoms with Gasteiger partial charge in [-0.1, -0.05) is 38.7 Å². The minimum atomic E-state index is -0.697. The Balaban J connectivity index is 2.23. The molecule has 1 fully saturated rings. The maximum atomic E-state index is 12.8. The van der Waals surface area contributed by atoms with Crippen LogP contribution < -0.4 is 0 Å². The number of fused-ring (bicyclic) bond motifs is 3. The molecule has 0 radical (unpaired) electrons. The molecule has 0 saturated heterocycles. The summed E-state index contributed by atoms with van der Waals surface area (Å²) in [5, 5.41) is 9.52. The Bertz CT molecular complexity index is 1090. The normalized spacial score (nSPS) is 30.1. The van der Waals surface area contributed by atoms with E-state index in [1.54, 1.807) is 13.0 Å². The number of hydrogen-bond acceptors (Lipinski definition) is 3. The van der Waals surface area contributed by atoms with Gasteiger partial charge < -0.3 is 4.79 Å². The summed E-state index contributed by atoms with van der Waals surface area (Å²) in [6, 6.07) is 2.01. The van der Waals surface area contributed by atoms with Crippen molar-refractivity contribution in [2.24, 2.45) is 22.7 Å². The van der Waals surface area contributed by atoms with Crippen LogP contribution in [0.1, 0.15) is 40.5 Å². The van der Waals surface area contributed by atoms with Crippen LogP contribution in [-0.2, 0) is 9.59 Å². The number of rotatable bonds is 0. The second kappa shape index (κ2) is 6.68. The lowest BCUT2D eigenvalue weighted by Crippen LogP contribution is -2.51. The fraction of sp³-hybridized carbons (Fsp3) is 0.417. The summed E-state index contributed by atoms with van der Waals surface area (Å²) < 4.78 is 0. The smallest absolute Gasteiger partial charge is 0.226 e. The molecule has 3 atom stereocenters. The monoisotopic (exact) mass is 368 g/mol. The quantitative estimate of drug-likeness (QED) is 0.483. The van der Waals surface area contributed by atoms with E-state index in [2.05, 4.69) is 28.5 Å². The van der Waals surface area contributed by atoms with E-state index in [4.69, 9.17) is 6.57 Å². The molecule has 3 rings (SSSR count). The average molecular weight is 368 g/mol. The molecule has 4 heteroatoms. The zero-order valence-corrected chi connectivity index (χ0v) is 16.4. The van der Waals surface area contributed by atoms with Crippen molar-refractivity contribution in [1.29, 1.82) is 5.26 Å². The first-order valence-electron chi connectivity index (χ1n) is 9.20. The van der Waals surface area contributed by atoms with Gasteiger partial charge in [-0.05, 0) is 49.2 Å². The van der Waals surface area contributed by atoms with Crippen molar-refractivity contribution in [1.82, 2.24) is 0 Å². The summed E-state index contributed by atoms with van der Waals surface area (Å²) in [6.07, 6.45) is 4.72. The lowest BCUT2D eigenvalue weighted by Gasteiger charge is -2.54. The van der Waals surface area contributed by atoms with Crippen LogP contribution >= 0.6 is 0 Å². The van der Waals surface area contributed by atoms with Crippen LogP contribution in [0, 0.1) is 64.3 Å². The van der Waals surface area contributed by atoms with Gasteiger partial charge in [-0.3, -0.25) is 4.79 Å². The Morgan fingerprint density at radius 1 is 1.21 bits per heavy atom. The Morgan fingerprint density at radius 3 is 2.54 bits per heavy atom. The lowest BCUT2D eigenvalue weighted by atomic mass is 9.48. The van der Waals surface area contributed by atoms with Crippen molar-refractivity contribution >= 4 is 11.6 Å². The molecule has 3 aliphatic carbocycles. The largest absolute Gasteiger partial charge is 0.307 e. The van der Waals surface area contributed by atoms with Crippen LogP contribution in [0.2, 0.25) is 0 Å². The van der Waals surface area contributed by atoms with Crippen molar-refractivity contribution in [2.45, 2.75) is 40.5 Å². The minimum absolute atomic E-state index is 0.0263. The van der Waals surface area contributed by atoms with E-state index in [1.807, 2.05) is 26.8 Å². The van der Waals surface area contributed by atoms with Gasteiger partial charge in [0.1, 0.15) is 11.6 Å². The lowest BCUT2D eigenvalue weighted by molar-refractivity contribution is -0.129. The van der Waals surface area contributed by atoms with Crippen LogP contribution in [0.5, 0.6) is 0 Å². The molecule has 0 heterocycles. The van der Waals surface area contributed by atoms with Gasteiger partial charge in [-0.2, -0.15) is 5.26 Å². The van der Waals surface area contributed by atoms with E-state index in [0.717, 1.165) is 12.0 Å². The van der Waals surface area contributed by atoms with Crippen LogP contribution in [0.4, 0.5) is 0 Å². The van der Waals surface area contributed by atoms with E-state index in [9.17, 15) is 14.9 Å². The number of nitriles is 1. The summed E-state index contributed by atoms with van der Waals surface area (Å²) in [6.45, 7) is 14.9. The number of nitrogens with zero attached hydrogens (tertiary/aromatic N) is 2. The maximum Gasteiger partial charge on any atom is 0.226 e. The van der Waals surface area contributed by atoms with E-state index in [0.29, 0.717) is 12.0 Å². The van der Waals surface area contributed by atoms with Gasteiger partial charge in [0.25, 0.3) is 0 Å². The van der Waals surface area contributed by atoms with Crippen LogP contribution in [-0.4, -0.2) is 11.6 Å². The SMILES string of the molecule is [C-]#[N+]C1=CC2(C)C3=CC(=O)C(C#N)=C(C#CC#CC)C3CCC2C(C)(C)C1=O. The molecular weight excluding hydrogens is 348 g/mol. The Kier molecular flexibility index (Phi) is 4.63. The zero-order valence-electron chi connectivity index (χ0n) is 16.4. The van der Waals surface area contributed by atoms with E-state index >= 15 is 0 Å². The van der Waals surface area contributed by atoms with Gasteiger partial charge >= 0.3 is 0 Å². The molecule has 3 unspecified atom stereocenters. The minimum Gasteiger partial charge on any atom is -0.307 e. The Labute approximate surface area is 165 Å². The standard InChI is InChI=1S/C24H20N2O2/c1-6-7-8-9-15-16-10-11-21-23(2,3)22(28)19(26-5)13-24(21,4)18(16)12-20(27)17(15)14-25/h12-13,16,21H,10-11H2,1-4H3. The molecule has 0 aliphatic heterocycles. The second-order valence-electron chi connectivity index (χ2n) is 8.15. The maximum absolute atomic E-state index is 12.8. The number of carbonyl (C=O) groups excluding carboxylic acids is 2. The third-order valence-electron chi connectivity index (χ3n) is 6.36. The second-order valence-corrected chi connectivity index (χ2v) is 8.15. The van der Waals surface area contributed by atoms with E-state index < -0.39 is 10.8 Å². The van der Waals surface area contributed by atoms with Gasteiger partial charge in [-0.25, -0.2) is 4.85 Å². The first kappa shape index (κ1) is 19.4. The van der Waals surface area contributed by atoms with E-state index in [-0.39, 0.29) is 34.7 Å². The molecule has 1 saturated carbocycles. The van der Waals surface area contributed by atoms with Crippen molar-refractivity contribution in [3.05, 3.63) is 46.0 Å². The highest BCUT2D eigenvalue weighted by molar-refractivity contribution is 6.10. The number of ketones is 2. The molecular formula is C24H20N2O2. The van der Waals surface area contributed by atoms with E-state index in [1.165, 1.54) is 6.08 Å². The molecule has 138 valence electrons. The highest BCUT2D eigenvalue weighted by Gasteiger charge is 2.56. The highest BCUT2D eigenvalue weighted by Crippen LogP contribution is 2.60. The summed E-state index contributed by atoms with van der Waals surface area (Å²) in [5.41, 5.74) is 0.249. The number of Topliss-reactive ketones (excluding diaryl/α,β-unsaturated/α-hetero) is 1. The first-order chi connectivity index (χ1) is 13.2. The van der Waals surface area contributed by atoms with Gasteiger partial charge in [-0.15, -0.1) is 0 Å². The number of allylic oxidation sites excluding steroid dienone is 6. The fourth-order valence-electron chi connectivity index (χ4n) is 5.08. The molecule has 0 bridgehead atoms. The van der Waals surface area contributed by atoms with Crippen molar-refractivity contribution in [3.8, 4) is 29.8 Å². The Hall–Kier alpha value is -3.34. The number of carbonyl (C=O) groups is 2. The summed E-state index contributed by atoms with van der Waals surface area (Å²) in [5.74, 6) is 10.3. The fourth-order valence-corrected chi connectivity index (χ4v) is 5.08. The zero-order chi connectivity index (χ0) is 20.7. The molecule has 3 aliphatic rings. The molecule has 28 heavy (non-hydrogen) atoms. The summed E-state index contributed by atoms with van der Waals surface area (Å²) in [4.78, 5) is 29.0. The topological polar surface area (TPSA) is 62.3 Å². The van der Waals surface area contributed by atoms with Gasteiger partial charge in [0.2, 0.25) is 5.70 Å². The molecule has 0 aromatic carbocycles. The van der Waals surface area contributed by atoms with Crippen LogP contribution in [0.25, 0.3) is 4.85 Å².